The number of guanidine groups is 1. The molecular weight excluding hydrogens is 294 g/mol. The molecule has 0 fully saturated rings. The maximum atomic E-state index is 4.84. The molecule has 3 heteroatoms. The van der Waals surface area contributed by atoms with Crippen molar-refractivity contribution in [3.8, 4) is 0 Å². The summed E-state index contributed by atoms with van der Waals surface area (Å²) in [4.78, 5) is 4.84. The number of hydrogen-bond donors (Lipinski definition) is 2. The molecule has 0 bridgehead atoms. The third-order valence-electron chi connectivity index (χ3n) is 3.58. The van der Waals surface area contributed by atoms with Crippen LogP contribution >= 0.6 is 0 Å². The van der Waals surface area contributed by atoms with Gasteiger partial charge in [-0.25, -0.2) is 4.99 Å². The predicted octanol–water partition coefficient (Wildman–Crippen LogP) is 5.56. The number of nitrogens with one attached hydrogen (secondary N) is 2. The lowest BCUT2D eigenvalue weighted by Crippen LogP contribution is -2.45. The highest BCUT2D eigenvalue weighted by Crippen LogP contribution is 2.29. The van der Waals surface area contributed by atoms with Gasteiger partial charge in [0.15, 0.2) is 5.96 Å². The molecule has 0 amide bonds. The van der Waals surface area contributed by atoms with Gasteiger partial charge in [-0.15, -0.1) is 0 Å². The van der Waals surface area contributed by atoms with Crippen LogP contribution in [0, 0.1) is 13.8 Å². The minimum atomic E-state index is -0.145. The van der Waals surface area contributed by atoms with Crippen molar-refractivity contribution in [1.29, 1.82) is 0 Å². The fraction of sp³-hybridized carbons (Fsp3) is 0.667. The van der Waals surface area contributed by atoms with Crippen molar-refractivity contribution >= 4 is 11.6 Å². The van der Waals surface area contributed by atoms with Crippen LogP contribution in [-0.4, -0.2) is 17.0 Å². The largest absolute Gasteiger partial charge is 0.352 e. The summed E-state index contributed by atoms with van der Waals surface area (Å²) in [6.07, 6.45) is 0. The molecule has 2 N–H and O–H groups in total. The molecule has 24 heavy (non-hydrogen) atoms. The topological polar surface area (TPSA) is 36.4 Å². The molecule has 1 rings (SSSR count). The van der Waals surface area contributed by atoms with E-state index in [9.17, 15) is 0 Å². The van der Waals surface area contributed by atoms with Crippen LogP contribution in [0.15, 0.2) is 17.1 Å². The SMILES string of the molecule is Cc1cc(C(C)(C)C)cc(C)c1N/C(=N\C(C)(C)C)NC(C)(C)C. The summed E-state index contributed by atoms with van der Waals surface area (Å²) in [5.41, 5.74) is 4.95. The lowest BCUT2D eigenvalue weighted by atomic mass is 9.85. The van der Waals surface area contributed by atoms with E-state index in [1.807, 2.05) is 0 Å². The van der Waals surface area contributed by atoms with Crippen LogP contribution in [0.5, 0.6) is 0 Å². The van der Waals surface area contributed by atoms with Gasteiger partial charge < -0.3 is 10.6 Å². The molecule has 0 spiro atoms. The minimum absolute atomic E-state index is 0.0513. The molecule has 0 saturated heterocycles. The van der Waals surface area contributed by atoms with E-state index < -0.39 is 0 Å². The molecule has 0 unspecified atom stereocenters. The normalized spacial score (nSPS) is 13.9. The number of anilines is 1. The number of hydrogen-bond acceptors (Lipinski definition) is 1. The van der Waals surface area contributed by atoms with Gasteiger partial charge in [-0.3, -0.25) is 0 Å². The second kappa shape index (κ2) is 6.78. The van der Waals surface area contributed by atoms with Crippen LogP contribution < -0.4 is 10.6 Å². The van der Waals surface area contributed by atoms with Gasteiger partial charge in [0.1, 0.15) is 0 Å². The van der Waals surface area contributed by atoms with Crippen molar-refractivity contribution < 1.29 is 0 Å². The second-order valence-corrected chi connectivity index (χ2v) is 9.87. The van der Waals surface area contributed by atoms with Gasteiger partial charge in [0.2, 0.25) is 0 Å². The van der Waals surface area contributed by atoms with Crippen LogP contribution in [0.1, 0.15) is 79.0 Å². The Hall–Kier alpha value is -1.51. The summed E-state index contributed by atoms with van der Waals surface area (Å²) in [6.45, 7) is 23.9. The predicted molar refractivity (Wildman–Crippen MR) is 108 cm³/mol. The Morgan fingerprint density at radius 3 is 1.62 bits per heavy atom. The van der Waals surface area contributed by atoms with Gasteiger partial charge in [0.25, 0.3) is 0 Å². The van der Waals surface area contributed by atoms with Crippen molar-refractivity contribution in [2.24, 2.45) is 4.99 Å². The minimum Gasteiger partial charge on any atom is -0.352 e. The molecule has 0 radical (unpaired) electrons. The highest BCUT2D eigenvalue weighted by molar-refractivity contribution is 5.95. The van der Waals surface area contributed by atoms with Gasteiger partial charge in [-0.2, -0.15) is 0 Å². The molecule has 0 aliphatic carbocycles. The van der Waals surface area contributed by atoms with Gasteiger partial charge in [-0.1, -0.05) is 32.9 Å². The summed E-state index contributed by atoms with van der Waals surface area (Å²) >= 11 is 0. The van der Waals surface area contributed by atoms with Gasteiger partial charge in [0.05, 0.1) is 5.54 Å². The lowest BCUT2D eigenvalue weighted by molar-refractivity contribution is 0.501. The fourth-order valence-corrected chi connectivity index (χ4v) is 2.49. The summed E-state index contributed by atoms with van der Waals surface area (Å²) in [5, 5.41) is 7.05. The molecule has 1 aromatic rings. The second-order valence-electron chi connectivity index (χ2n) is 9.87. The van der Waals surface area contributed by atoms with Crippen LogP contribution in [0.3, 0.4) is 0 Å². The zero-order valence-corrected chi connectivity index (χ0v) is 17.6. The van der Waals surface area contributed by atoms with Crippen LogP contribution in [-0.2, 0) is 5.41 Å². The third kappa shape index (κ3) is 6.54. The van der Waals surface area contributed by atoms with Crippen molar-refractivity contribution in [1.82, 2.24) is 5.32 Å². The summed E-state index contributed by atoms with van der Waals surface area (Å²) in [7, 11) is 0. The van der Waals surface area contributed by atoms with E-state index in [1.54, 1.807) is 0 Å². The van der Waals surface area contributed by atoms with Crippen LogP contribution in [0.25, 0.3) is 0 Å². The van der Waals surface area contributed by atoms with E-state index in [2.05, 4.69) is 98.9 Å². The van der Waals surface area contributed by atoms with Crippen LogP contribution in [0.4, 0.5) is 5.69 Å². The molecule has 136 valence electrons. The maximum absolute atomic E-state index is 4.84. The molecule has 0 aliphatic rings. The highest BCUT2D eigenvalue weighted by Gasteiger charge is 2.19. The Balaban J connectivity index is 3.27. The molecule has 0 saturated carbocycles. The number of nitrogens with zero attached hydrogens (tertiary/aromatic N) is 1. The van der Waals surface area contributed by atoms with Crippen molar-refractivity contribution in [3.05, 3.63) is 28.8 Å². The van der Waals surface area contributed by atoms with E-state index in [-0.39, 0.29) is 16.5 Å². The molecule has 0 atom stereocenters. The Morgan fingerprint density at radius 1 is 0.833 bits per heavy atom. The molecule has 0 aromatic heterocycles. The average molecular weight is 332 g/mol. The Bertz CT molecular complexity index is 582. The lowest BCUT2D eigenvalue weighted by Gasteiger charge is -2.28. The number of benzene rings is 1. The summed E-state index contributed by atoms with van der Waals surface area (Å²) in [5.74, 6) is 0.824. The highest BCUT2D eigenvalue weighted by atomic mass is 15.2. The van der Waals surface area contributed by atoms with Gasteiger partial charge >= 0.3 is 0 Å². The molecular formula is C21H37N3. The van der Waals surface area contributed by atoms with E-state index in [0.29, 0.717) is 0 Å². The number of aryl methyl sites for hydroxylation is 2. The Kier molecular flexibility index (Phi) is 5.80. The smallest absolute Gasteiger partial charge is 0.196 e. The van der Waals surface area contributed by atoms with Gasteiger partial charge in [0, 0.05) is 11.2 Å². The first-order valence-corrected chi connectivity index (χ1v) is 8.85. The average Bonchev–Trinajstić information content (AvgIpc) is 2.27. The summed E-state index contributed by atoms with van der Waals surface area (Å²) in [6, 6.07) is 4.56. The zero-order valence-electron chi connectivity index (χ0n) is 17.6. The first kappa shape index (κ1) is 20.5. The Labute approximate surface area is 149 Å². The van der Waals surface area contributed by atoms with Crippen molar-refractivity contribution in [2.75, 3.05) is 5.32 Å². The first-order chi connectivity index (χ1) is 10.6. The molecule has 0 heterocycles. The molecule has 3 nitrogen and oxygen atoms in total. The third-order valence-corrected chi connectivity index (χ3v) is 3.58. The Morgan fingerprint density at radius 2 is 1.29 bits per heavy atom. The van der Waals surface area contributed by atoms with Crippen molar-refractivity contribution in [3.63, 3.8) is 0 Å². The van der Waals surface area contributed by atoms with E-state index in [0.717, 1.165) is 11.6 Å². The zero-order chi connectivity index (χ0) is 18.9. The van der Waals surface area contributed by atoms with E-state index in [4.69, 9.17) is 4.99 Å². The summed E-state index contributed by atoms with van der Waals surface area (Å²) < 4.78 is 0. The van der Waals surface area contributed by atoms with Gasteiger partial charge in [-0.05, 0) is 77.5 Å². The van der Waals surface area contributed by atoms with E-state index >= 15 is 0 Å². The maximum Gasteiger partial charge on any atom is 0.196 e. The standard InChI is InChI=1S/C21H37N3/c1-14-12-16(19(3,4)5)13-15(2)17(14)22-18(23-20(6,7)8)24-21(9,10)11/h12-13H,1-11H3,(H2,22,23,24). The number of aliphatic imine (C=N–C) groups is 1. The number of rotatable bonds is 1. The van der Waals surface area contributed by atoms with E-state index in [1.165, 1.54) is 16.7 Å². The quantitative estimate of drug-likeness (QED) is 0.522. The monoisotopic (exact) mass is 331 g/mol. The molecule has 0 aliphatic heterocycles. The fourth-order valence-electron chi connectivity index (χ4n) is 2.49. The molecule has 1 aromatic carbocycles. The van der Waals surface area contributed by atoms with Crippen molar-refractivity contribution in [2.45, 2.75) is 92.7 Å². The van der Waals surface area contributed by atoms with Crippen LogP contribution in [0.2, 0.25) is 0 Å². The first-order valence-electron chi connectivity index (χ1n) is 8.85.